The van der Waals surface area contributed by atoms with E-state index in [0.717, 1.165) is 0 Å². The molecule has 3 aromatic rings. The summed E-state index contributed by atoms with van der Waals surface area (Å²) >= 11 is 5.06. The maximum absolute atomic E-state index is 13.9. The van der Waals surface area contributed by atoms with Crippen LogP contribution in [0.25, 0.3) is 11.0 Å². The van der Waals surface area contributed by atoms with Gasteiger partial charge in [-0.05, 0) is 25.1 Å². The molecule has 2 heterocycles. The molecule has 0 aliphatic carbocycles. The van der Waals surface area contributed by atoms with Gasteiger partial charge in [-0.3, -0.25) is 4.98 Å². The number of fused-ring (bicyclic) bond motifs is 1. The Labute approximate surface area is 142 Å². The summed E-state index contributed by atoms with van der Waals surface area (Å²) in [5, 5.41) is 10.1. The number of rotatable bonds is 3. The highest BCUT2D eigenvalue weighted by Crippen LogP contribution is 2.22. The van der Waals surface area contributed by atoms with Crippen molar-refractivity contribution in [2.75, 3.05) is 0 Å². The summed E-state index contributed by atoms with van der Waals surface area (Å²) in [5.74, 6) is -0.486. The van der Waals surface area contributed by atoms with Crippen LogP contribution >= 0.6 is 12.2 Å². The van der Waals surface area contributed by atoms with E-state index in [-0.39, 0.29) is 22.8 Å². The van der Waals surface area contributed by atoms with E-state index in [2.05, 4.69) is 9.98 Å². The minimum atomic E-state index is -0.486. The molecule has 0 saturated carbocycles. The molecule has 5 nitrogen and oxygen atoms in total. The average Bonchev–Trinajstić information content (AvgIpc) is 2.57. The second-order valence-corrected chi connectivity index (χ2v) is 5.60. The zero-order valence-electron chi connectivity index (χ0n) is 12.8. The van der Waals surface area contributed by atoms with Crippen molar-refractivity contribution in [3.8, 4) is 0 Å². The molecule has 0 saturated heterocycles. The van der Waals surface area contributed by atoms with Gasteiger partial charge in [-0.15, -0.1) is 0 Å². The van der Waals surface area contributed by atoms with Gasteiger partial charge in [-0.2, -0.15) is 0 Å². The first kappa shape index (κ1) is 16.2. The predicted molar refractivity (Wildman–Crippen MR) is 92.2 cm³/mol. The topological polar surface area (TPSA) is 84.6 Å². The molecule has 2 aromatic heterocycles. The van der Waals surface area contributed by atoms with Gasteiger partial charge in [-0.25, -0.2) is 9.38 Å². The summed E-state index contributed by atoms with van der Waals surface area (Å²) in [5.41, 5.74) is 7.97. The lowest BCUT2D eigenvalue weighted by Crippen LogP contribution is -2.21. The van der Waals surface area contributed by atoms with Crippen LogP contribution in [0.2, 0.25) is 0 Å². The number of thiocarbonyl (C=S) groups is 1. The number of aliphatic hydroxyl groups excluding tert-OH is 1. The van der Waals surface area contributed by atoms with Gasteiger partial charge < -0.3 is 15.3 Å². The van der Waals surface area contributed by atoms with E-state index in [1.807, 2.05) is 0 Å². The average molecular weight is 343 g/mol. The fourth-order valence-corrected chi connectivity index (χ4v) is 2.47. The van der Waals surface area contributed by atoms with Crippen molar-refractivity contribution in [1.82, 2.24) is 4.98 Å². The van der Waals surface area contributed by atoms with Crippen LogP contribution in [-0.2, 0) is 6.61 Å². The van der Waals surface area contributed by atoms with Crippen molar-refractivity contribution < 1.29 is 13.9 Å². The molecule has 0 atom stereocenters. The Morgan fingerprint density at radius 2 is 2.17 bits per heavy atom. The van der Waals surface area contributed by atoms with Crippen LogP contribution in [0, 0.1) is 12.7 Å². The molecular weight excluding hydrogens is 329 g/mol. The van der Waals surface area contributed by atoms with Crippen molar-refractivity contribution in [3.05, 3.63) is 64.7 Å². The molecular formula is C17H14FN3O2S. The molecule has 0 unspecified atom stereocenters. The zero-order valence-corrected chi connectivity index (χ0v) is 13.6. The van der Waals surface area contributed by atoms with Gasteiger partial charge in [0.05, 0.1) is 17.9 Å². The van der Waals surface area contributed by atoms with Crippen molar-refractivity contribution in [3.63, 3.8) is 0 Å². The molecule has 0 aliphatic rings. The lowest BCUT2D eigenvalue weighted by atomic mass is 10.1. The van der Waals surface area contributed by atoms with Crippen LogP contribution in [0.3, 0.4) is 0 Å². The Balaban J connectivity index is 2.39. The number of aryl methyl sites for hydroxylation is 1. The highest BCUT2D eigenvalue weighted by molar-refractivity contribution is 7.80. The van der Waals surface area contributed by atoms with Gasteiger partial charge in [0.25, 0.3) is 0 Å². The second-order valence-electron chi connectivity index (χ2n) is 5.16. The highest BCUT2D eigenvalue weighted by Gasteiger charge is 2.13. The van der Waals surface area contributed by atoms with Crippen molar-refractivity contribution in [2.45, 2.75) is 13.5 Å². The van der Waals surface area contributed by atoms with Crippen molar-refractivity contribution in [2.24, 2.45) is 10.7 Å². The highest BCUT2D eigenvalue weighted by atomic mass is 32.1. The molecule has 3 rings (SSSR count). The van der Waals surface area contributed by atoms with Gasteiger partial charge in [0.2, 0.25) is 5.55 Å². The van der Waals surface area contributed by atoms with E-state index in [1.54, 1.807) is 31.3 Å². The van der Waals surface area contributed by atoms with Crippen LogP contribution in [0.5, 0.6) is 0 Å². The molecule has 3 N–H and O–H groups in total. The molecule has 7 heteroatoms. The van der Waals surface area contributed by atoms with Gasteiger partial charge in [0, 0.05) is 17.1 Å². The Kier molecular flexibility index (Phi) is 4.37. The van der Waals surface area contributed by atoms with Crippen LogP contribution in [-0.4, -0.2) is 15.1 Å². The quantitative estimate of drug-likeness (QED) is 0.714. The number of pyridine rings is 1. The molecule has 0 bridgehead atoms. The molecule has 0 spiro atoms. The number of aliphatic hydroxyl groups is 1. The largest absolute Gasteiger partial charge is 0.436 e. The number of aromatic nitrogens is 1. The first-order valence-electron chi connectivity index (χ1n) is 7.13. The normalized spacial score (nSPS) is 11.9. The Bertz CT molecular complexity index is 1010. The maximum atomic E-state index is 13.9. The van der Waals surface area contributed by atoms with E-state index in [0.29, 0.717) is 27.8 Å². The fraction of sp³-hybridized carbons (Fsp3) is 0.118. The van der Waals surface area contributed by atoms with Gasteiger partial charge in [0.15, 0.2) is 5.58 Å². The lowest BCUT2D eigenvalue weighted by Gasteiger charge is -2.08. The number of para-hydroxylation sites is 1. The van der Waals surface area contributed by atoms with Crippen LogP contribution in [0.15, 0.2) is 45.9 Å². The molecule has 0 radical (unpaired) electrons. The third-order valence-electron chi connectivity index (χ3n) is 3.56. The van der Waals surface area contributed by atoms with Crippen molar-refractivity contribution >= 4 is 33.9 Å². The van der Waals surface area contributed by atoms with Crippen molar-refractivity contribution in [1.29, 1.82) is 0 Å². The van der Waals surface area contributed by atoms with E-state index in [9.17, 15) is 9.50 Å². The summed E-state index contributed by atoms with van der Waals surface area (Å²) in [6.07, 6.45) is 1.56. The first-order valence-corrected chi connectivity index (χ1v) is 7.54. The van der Waals surface area contributed by atoms with Gasteiger partial charge in [0.1, 0.15) is 16.5 Å². The van der Waals surface area contributed by atoms with Crippen LogP contribution in [0.1, 0.15) is 16.8 Å². The summed E-state index contributed by atoms with van der Waals surface area (Å²) in [6, 6.07) is 7.74. The number of nitrogens with zero attached hydrogens (tertiary/aromatic N) is 2. The van der Waals surface area contributed by atoms with E-state index in [4.69, 9.17) is 22.4 Å². The lowest BCUT2D eigenvalue weighted by molar-refractivity contribution is 0.282. The van der Waals surface area contributed by atoms with E-state index < -0.39 is 5.82 Å². The van der Waals surface area contributed by atoms with Gasteiger partial charge in [-0.1, -0.05) is 24.4 Å². The molecule has 0 fully saturated rings. The van der Waals surface area contributed by atoms with Crippen LogP contribution < -0.4 is 11.3 Å². The molecule has 0 amide bonds. The molecule has 1 aromatic carbocycles. The summed E-state index contributed by atoms with van der Waals surface area (Å²) in [7, 11) is 0. The third-order valence-corrected chi connectivity index (χ3v) is 3.78. The fourth-order valence-electron chi connectivity index (χ4n) is 2.33. The number of nitrogens with two attached hydrogens (primary N) is 1. The summed E-state index contributed by atoms with van der Waals surface area (Å²) in [6.45, 7) is 1.56. The summed E-state index contributed by atoms with van der Waals surface area (Å²) in [4.78, 5) is 8.46. The Morgan fingerprint density at radius 3 is 2.83 bits per heavy atom. The predicted octanol–water partition coefficient (Wildman–Crippen LogP) is 2.63. The summed E-state index contributed by atoms with van der Waals surface area (Å²) < 4.78 is 19.7. The first-order chi connectivity index (χ1) is 11.5. The number of hydrogen-bond donors (Lipinski definition) is 2. The van der Waals surface area contributed by atoms with E-state index in [1.165, 1.54) is 12.1 Å². The SMILES string of the molecule is Cc1ncc(CO)c2cc(C(N)=S)c(=Nc3ccccc3F)oc12. The zero-order chi connectivity index (χ0) is 17.3. The monoisotopic (exact) mass is 343 g/mol. The van der Waals surface area contributed by atoms with Gasteiger partial charge >= 0.3 is 0 Å². The Morgan fingerprint density at radius 1 is 1.42 bits per heavy atom. The molecule has 24 heavy (non-hydrogen) atoms. The third kappa shape index (κ3) is 2.91. The molecule has 0 aliphatic heterocycles. The minimum Gasteiger partial charge on any atom is -0.436 e. The standard InChI is InChI=1S/C17H14FN3O2S/c1-9-15-11(10(8-22)7-20-9)6-12(16(19)24)17(23-15)21-14-5-3-2-4-13(14)18/h2-7,22H,8H2,1H3,(H2,19,24). The maximum Gasteiger partial charge on any atom is 0.230 e. The number of benzene rings is 1. The van der Waals surface area contributed by atoms with E-state index >= 15 is 0 Å². The molecule has 122 valence electrons. The number of hydrogen-bond acceptors (Lipinski definition) is 5. The second kappa shape index (κ2) is 6.46. The van der Waals surface area contributed by atoms with Crippen LogP contribution in [0.4, 0.5) is 10.1 Å². The number of halogens is 1. The smallest absolute Gasteiger partial charge is 0.230 e. The minimum absolute atomic E-state index is 0.0640. The Hall–Kier alpha value is -2.64.